The summed E-state index contributed by atoms with van der Waals surface area (Å²) >= 11 is 0. The highest BCUT2D eigenvalue weighted by Crippen LogP contribution is 2.22. The van der Waals surface area contributed by atoms with Gasteiger partial charge in [-0.15, -0.1) is 0 Å². The molecule has 0 unspecified atom stereocenters. The molecule has 0 radical (unpaired) electrons. The van der Waals surface area contributed by atoms with Gasteiger partial charge in [0.2, 0.25) is 0 Å². The molecule has 0 saturated heterocycles. The molecule has 0 heterocycles. The van der Waals surface area contributed by atoms with Gasteiger partial charge in [0.25, 0.3) is 0 Å². The fraction of sp³-hybridized carbons (Fsp3) is 0.263. The molecule has 5 heteroatoms. The zero-order valence-electron chi connectivity index (χ0n) is 13.7. The molecule has 0 aromatic heterocycles. The molecule has 2 aromatic rings. The Bertz CT molecular complexity index is 671. The van der Waals surface area contributed by atoms with Gasteiger partial charge in [-0.25, -0.2) is 0 Å². The Morgan fingerprint density at radius 2 is 1.62 bits per heavy atom. The van der Waals surface area contributed by atoms with Gasteiger partial charge in [0.1, 0.15) is 5.75 Å². The number of unbranched alkanes of at least 4 members (excludes halogenated alkanes) is 1. The minimum absolute atomic E-state index is 0.476. The second-order valence-corrected chi connectivity index (χ2v) is 5.35. The lowest BCUT2D eigenvalue weighted by atomic mass is 10.1. The van der Waals surface area contributed by atoms with E-state index in [0.717, 1.165) is 19.3 Å². The fourth-order valence-corrected chi connectivity index (χ4v) is 2.31. The number of hydrogen-bond acceptors (Lipinski definition) is 3. The standard InChI is InChI=1S/C19H22N2O3/c1-24-17-13-6-5-12-16(17)21-19(23)18(22)20-14-8-7-11-15-9-3-2-4-10-15/h2-6,9-10,12-13H,7-8,11,14H2,1H3,(H,20,22)(H,21,23). The van der Waals surface area contributed by atoms with Gasteiger partial charge < -0.3 is 15.4 Å². The molecule has 2 N–H and O–H groups in total. The number of carbonyl (C=O) groups excluding carboxylic acids is 2. The number of methoxy groups -OCH3 is 1. The Kier molecular flexibility index (Phi) is 6.83. The molecule has 0 fully saturated rings. The summed E-state index contributed by atoms with van der Waals surface area (Å²) in [5.74, 6) is -0.815. The molecule has 24 heavy (non-hydrogen) atoms. The molecule has 2 rings (SSSR count). The van der Waals surface area contributed by atoms with Crippen LogP contribution in [0.4, 0.5) is 5.69 Å². The lowest BCUT2D eigenvalue weighted by molar-refractivity contribution is -0.136. The van der Waals surface area contributed by atoms with Crippen molar-refractivity contribution in [2.45, 2.75) is 19.3 Å². The van der Waals surface area contributed by atoms with Crippen LogP contribution in [0.25, 0.3) is 0 Å². The summed E-state index contributed by atoms with van der Waals surface area (Å²) in [5.41, 5.74) is 1.75. The van der Waals surface area contributed by atoms with Crippen LogP contribution in [-0.2, 0) is 16.0 Å². The number of hydrogen-bond donors (Lipinski definition) is 2. The SMILES string of the molecule is COc1ccccc1NC(=O)C(=O)NCCCCc1ccccc1. The highest BCUT2D eigenvalue weighted by molar-refractivity contribution is 6.39. The van der Waals surface area contributed by atoms with Crippen LogP contribution < -0.4 is 15.4 Å². The summed E-state index contributed by atoms with van der Waals surface area (Å²) < 4.78 is 5.13. The largest absolute Gasteiger partial charge is 0.495 e. The van der Waals surface area contributed by atoms with Gasteiger partial charge in [0, 0.05) is 6.54 Å². The Balaban J connectivity index is 1.69. The van der Waals surface area contributed by atoms with Gasteiger partial charge in [0.15, 0.2) is 0 Å². The number of amides is 2. The van der Waals surface area contributed by atoms with Crippen molar-refractivity contribution >= 4 is 17.5 Å². The van der Waals surface area contributed by atoms with E-state index in [0.29, 0.717) is 18.0 Å². The van der Waals surface area contributed by atoms with Crippen molar-refractivity contribution in [1.82, 2.24) is 5.32 Å². The minimum atomic E-state index is -0.692. The summed E-state index contributed by atoms with van der Waals surface area (Å²) in [6.45, 7) is 0.477. The lowest BCUT2D eigenvalue weighted by Crippen LogP contribution is -2.36. The second kappa shape index (κ2) is 9.35. The summed E-state index contributed by atoms with van der Waals surface area (Å²) in [5, 5.41) is 5.19. The Morgan fingerprint density at radius 1 is 0.917 bits per heavy atom. The third-order valence-electron chi connectivity index (χ3n) is 3.58. The Morgan fingerprint density at radius 3 is 2.38 bits per heavy atom. The van der Waals surface area contributed by atoms with Crippen LogP contribution in [0.1, 0.15) is 18.4 Å². The van der Waals surface area contributed by atoms with Crippen LogP contribution in [0.5, 0.6) is 5.75 Å². The minimum Gasteiger partial charge on any atom is -0.495 e. The number of anilines is 1. The average Bonchev–Trinajstić information content (AvgIpc) is 2.62. The van der Waals surface area contributed by atoms with Gasteiger partial charge in [-0.05, 0) is 37.0 Å². The number of para-hydroxylation sites is 2. The van der Waals surface area contributed by atoms with Crippen molar-refractivity contribution in [2.75, 3.05) is 19.0 Å². The molecule has 2 aromatic carbocycles. The van der Waals surface area contributed by atoms with Crippen LogP contribution in [0.2, 0.25) is 0 Å². The zero-order valence-corrected chi connectivity index (χ0v) is 13.7. The molecule has 0 aliphatic heterocycles. The zero-order chi connectivity index (χ0) is 17.2. The molecule has 0 saturated carbocycles. The molecule has 0 aliphatic rings. The fourth-order valence-electron chi connectivity index (χ4n) is 2.31. The molecular weight excluding hydrogens is 304 g/mol. The molecular formula is C19H22N2O3. The topological polar surface area (TPSA) is 67.4 Å². The average molecular weight is 326 g/mol. The predicted molar refractivity (Wildman–Crippen MR) is 94.0 cm³/mol. The van der Waals surface area contributed by atoms with E-state index < -0.39 is 11.8 Å². The number of benzene rings is 2. The Hall–Kier alpha value is -2.82. The van der Waals surface area contributed by atoms with Crippen LogP contribution >= 0.6 is 0 Å². The predicted octanol–water partition coefficient (Wildman–Crippen LogP) is 2.77. The third-order valence-corrected chi connectivity index (χ3v) is 3.58. The maximum atomic E-state index is 11.9. The maximum Gasteiger partial charge on any atom is 0.313 e. The third kappa shape index (κ3) is 5.43. The van der Waals surface area contributed by atoms with E-state index in [2.05, 4.69) is 22.8 Å². The molecule has 0 bridgehead atoms. The first-order valence-corrected chi connectivity index (χ1v) is 7.97. The molecule has 0 atom stereocenters. The van der Waals surface area contributed by atoms with Gasteiger partial charge in [0.05, 0.1) is 12.8 Å². The van der Waals surface area contributed by atoms with E-state index in [9.17, 15) is 9.59 Å². The van der Waals surface area contributed by atoms with E-state index in [1.54, 1.807) is 24.3 Å². The number of rotatable bonds is 7. The van der Waals surface area contributed by atoms with Crippen molar-refractivity contribution in [3.63, 3.8) is 0 Å². The maximum absolute atomic E-state index is 11.9. The van der Waals surface area contributed by atoms with E-state index in [1.807, 2.05) is 18.2 Å². The highest BCUT2D eigenvalue weighted by atomic mass is 16.5. The van der Waals surface area contributed by atoms with E-state index in [4.69, 9.17) is 4.74 Å². The van der Waals surface area contributed by atoms with Crippen molar-refractivity contribution in [2.24, 2.45) is 0 Å². The van der Waals surface area contributed by atoms with E-state index >= 15 is 0 Å². The van der Waals surface area contributed by atoms with Gasteiger partial charge in [-0.1, -0.05) is 42.5 Å². The van der Waals surface area contributed by atoms with Crippen LogP contribution in [0.15, 0.2) is 54.6 Å². The summed E-state index contributed by atoms with van der Waals surface area (Å²) in [4.78, 5) is 23.7. The van der Waals surface area contributed by atoms with Crippen molar-refractivity contribution in [1.29, 1.82) is 0 Å². The lowest BCUT2D eigenvalue weighted by Gasteiger charge is -2.10. The smallest absolute Gasteiger partial charge is 0.313 e. The molecule has 126 valence electrons. The monoisotopic (exact) mass is 326 g/mol. The number of nitrogens with one attached hydrogen (secondary N) is 2. The first kappa shape index (κ1) is 17.5. The molecule has 5 nitrogen and oxygen atoms in total. The summed E-state index contributed by atoms with van der Waals surface area (Å²) in [6.07, 6.45) is 2.74. The summed E-state index contributed by atoms with van der Waals surface area (Å²) in [7, 11) is 1.51. The molecule has 2 amide bonds. The van der Waals surface area contributed by atoms with Crippen molar-refractivity contribution < 1.29 is 14.3 Å². The molecule has 0 aliphatic carbocycles. The van der Waals surface area contributed by atoms with Gasteiger partial charge in [-0.2, -0.15) is 0 Å². The van der Waals surface area contributed by atoms with E-state index in [1.165, 1.54) is 12.7 Å². The number of ether oxygens (including phenoxy) is 1. The highest BCUT2D eigenvalue weighted by Gasteiger charge is 2.14. The second-order valence-electron chi connectivity index (χ2n) is 5.35. The first-order valence-electron chi connectivity index (χ1n) is 7.97. The van der Waals surface area contributed by atoms with Gasteiger partial charge in [-0.3, -0.25) is 9.59 Å². The van der Waals surface area contributed by atoms with E-state index in [-0.39, 0.29) is 0 Å². The van der Waals surface area contributed by atoms with Crippen LogP contribution in [-0.4, -0.2) is 25.5 Å². The van der Waals surface area contributed by atoms with Crippen molar-refractivity contribution in [3.8, 4) is 5.75 Å². The van der Waals surface area contributed by atoms with Crippen molar-refractivity contribution in [3.05, 3.63) is 60.2 Å². The number of carbonyl (C=O) groups is 2. The Labute approximate surface area is 142 Å². The van der Waals surface area contributed by atoms with Gasteiger partial charge >= 0.3 is 11.8 Å². The number of aryl methyl sites for hydroxylation is 1. The molecule has 0 spiro atoms. The summed E-state index contributed by atoms with van der Waals surface area (Å²) in [6, 6.07) is 17.1. The quantitative estimate of drug-likeness (QED) is 0.607. The normalized spacial score (nSPS) is 10.0. The first-order chi connectivity index (χ1) is 11.7. The van der Waals surface area contributed by atoms with Crippen LogP contribution in [0, 0.1) is 0 Å². The van der Waals surface area contributed by atoms with Crippen LogP contribution in [0.3, 0.4) is 0 Å².